The summed E-state index contributed by atoms with van der Waals surface area (Å²) in [4.78, 5) is 20.8. The van der Waals surface area contributed by atoms with Crippen LogP contribution in [0.4, 0.5) is 0 Å². The Morgan fingerprint density at radius 1 is 0.400 bits per heavy atom. The summed E-state index contributed by atoms with van der Waals surface area (Å²) in [5.74, 6) is 1.92. The molecule has 0 radical (unpaired) electrons. The summed E-state index contributed by atoms with van der Waals surface area (Å²) in [7, 11) is 0. The van der Waals surface area contributed by atoms with E-state index in [1.165, 1.54) is 31.1 Å². The van der Waals surface area contributed by atoms with Crippen molar-refractivity contribution < 1.29 is 0 Å². The monoisotopic (exact) mass is 674 g/mol. The second-order valence-corrected chi connectivity index (χ2v) is 14.3. The van der Waals surface area contributed by atoms with E-state index < -0.39 is 0 Å². The highest BCUT2D eigenvalue weighted by atomic mass is 32.1. The normalized spacial score (nSPS) is 11.6. The Bertz CT molecular complexity index is 2850. The van der Waals surface area contributed by atoms with Gasteiger partial charge < -0.3 is 0 Å². The fourth-order valence-corrected chi connectivity index (χ4v) is 9.04. The van der Waals surface area contributed by atoms with Crippen molar-refractivity contribution in [1.29, 1.82) is 0 Å². The van der Waals surface area contributed by atoms with Crippen molar-refractivity contribution in [3.63, 3.8) is 0 Å². The molecule has 6 heteroatoms. The van der Waals surface area contributed by atoms with Crippen LogP contribution in [0.15, 0.2) is 158 Å². The van der Waals surface area contributed by atoms with Crippen molar-refractivity contribution in [2.45, 2.75) is 0 Å². The maximum absolute atomic E-state index is 5.28. The van der Waals surface area contributed by atoms with E-state index in [0.29, 0.717) is 17.5 Å². The Labute approximate surface area is 296 Å². The standard InChI is InChI=1S/C44H26N4S2/c1-3-13-29(14-4-1)41-46-42(30-24-22-28(23-25-30)33-20-11-17-27-12-7-8-18-32(27)33)48-43(47-41)39-38-34-19-9-10-21-36(34)49-37(38)26-35-40(39)50-44(45-35)31-15-5-2-6-16-31/h1-26H. The Hall–Kier alpha value is -6.08. The zero-order valence-electron chi connectivity index (χ0n) is 26.6. The van der Waals surface area contributed by atoms with Crippen LogP contribution in [-0.4, -0.2) is 19.9 Å². The lowest BCUT2D eigenvalue weighted by Gasteiger charge is -2.11. The largest absolute Gasteiger partial charge is 0.236 e. The van der Waals surface area contributed by atoms with Crippen LogP contribution in [0.3, 0.4) is 0 Å². The van der Waals surface area contributed by atoms with Crippen molar-refractivity contribution in [1.82, 2.24) is 19.9 Å². The first-order chi connectivity index (χ1) is 24.8. The molecule has 0 saturated heterocycles. The highest BCUT2D eigenvalue weighted by molar-refractivity contribution is 7.26. The minimum atomic E-state index is 0.635. The number of benzene rings is 7. The molecule has 10 aromatic rings. The average Bonchev–Trinajstić information content (AvgIpc) is 3.79. The van der Waals surface area contributed by atoms with E-state index in [0.717, 1.165) is 48.4 Å². The molecular formula is C44H26N4S2. The van der Waals surface area contributed by atoms with Crippen LogP contribution in [0.5, 0.6) is 0 Å². The molecule has 0 N–H and O–H groups in total. The van der Waals surface area contributed by atoms with E-state index in [4.69, 9.17) is 19.9 Å². The molecule has 0 unspecified atom stereocenters. The van der Waals surface area contributed by atoms with Crippen LogP contribution in [0.2, 0.25) is 0 Å². The lowest BCUT2D eigenvalue weighted by molar-refractivity contribution is 1.08. The molecule has 0 atom stereocenters. The Kier molecular flexibility index (Phi) is 6.82. The predicted molar refractivity (Wildman–Crippen MR) is 211 cm³/mol. The van der Waals surface area contributed by atoms with Crippen LogP contribution in [0.25, 0.3) is 97.0 Å². The summed E-state index contributed by atoms with van der Waals surface area (Å²) in [5.41, 5.74) is 7.28. The van der Waals surface area contributed by atoms with E-state index in [-0.39, 0.29) is 0 Å². The zero-order valence-corrected chi connectivity index (χ0v) is 28.2. The molecule has 10 rings (SSSR count). The van der Waals surface area contributed by atoms with Crippen LogP contribution in [0.1, 0.15) is 0 Å². The molecule has 4 nitrogen and oxygen atoms in total. The third-order valence-corrected chi connectivity index (χ3v) is 11.4. The minimum Gasteiger partial charge on any atom is -0.236 e. The number of hydrogen-bond donors (Lipinski definition) is 0. The van der Waals surface area contributed by atoms with Gasteiger partial charge in [0.2, 0.25) is 0 Å². The SMILES string of the molecule is c1ccc(-c2nc(-c3ccc(-c4cccc5ccccc45)cc3)nc(-c3c4sc(-c5ccccc5)nc4cc4sc5ccccc5c34)n2)cc1. The van der Waals surface area contributed by atoms with Gasteiger partial charge >= 0.3 is 0 Å². The van der Waals surface area contributed by atoms with Gasteiger partial charge in [0.1, 0.15) is 5.01 Å². The summed E-state index contributed by atoms with van der Waals surface area (Å²) in [6.45, 7) is 0. The van der Waals surface area contributed by atoms with E-state index in [1.807, 2.05) is 24.3 Å². The van der Waals surface area contributed by atoms with Gasteiger partial charge in [0.15, 0.2) is 17.5 Å². The summed E-state index contributed by atoms with van der Waals surface area (Å²) >= 11 is 3.48. The van der Waals surface area contributed by atoms with Crippen molar-refractivity contribution in [3.8, 4) is 55.9 Å². The number of thiazole rings is 1. The number of thiophene rings is 1. The summed E-state index contributed by atoms with van der Waals surface area (Å²) in [6.07, 6.45) is 0. The second kappa shape index (κ2) is 11.8. The van der Waals surface area contributed by atoms with Crippen molar-refractivity contribution in [2.24, 2.45) is 0 Å². The van der Waals surface area contributed by atoms with Gasteiger partial charge in [0.25, 0.3) is 0 Å². The number of fused-ring (bicyclic) bond motifs is 5. The molecular weight excluding hydrogens is 649 g/mol. The highest BCUT2D eigenvalue weighted by Crippen LogP contribution is 2.46. The van der Waals surface area contributed by atoms with Crippen LogP contribution >= 0.6 is 22.7 Å². The molecule has 0 aliphatic heterocycles. The van der Waals surface area contributed by atoms with E-state index in [1.54, 1.807) is 22.7 Å². The summed E-state index contributed by atoms with van der Waals surface area (Å²) < 4.78 is 3.47. The van der Waals surface area contributed by atoms with Gasteiger partial charge in [-0.15, -0.1) is 22.7 Å². The number of rotatable bonds is 5. The lowest BCUT2D eigenvalue weighted by atomic mass is 9.97. The van der Waals surface area contributed by atoms with Gasteiger partial charge in [-0.1, -0.05) is 146 Å². The van der Waals surface area contributed by atoms with Crippen molar-refractivity contribution in [3.05, 3.63) is 158 Å². The molecule has 0 amide bonds. The molecule has 0 bridgehead atoms. The second-order valence-electron chi connectivity index (χ2n) is 12.2. The molecule has 3 heterocycles. The van der Waals surface area contributed by atoms with Crippen LogP contribution < -0.4 is 0 Å². The van der Waals surface area contributed by atoms with E-state index in [2.05, 4.69) is 133 Å². The molecule has 50 heavy (non-hydrogen) atoms. The zero-order chi connectivity index (χ0) is 33.0. The molecule has 0 fully saturated rings. The number of aromatic nitrogens is 4. The molecule has 0 aliphatic rings. The van der Waals surface area contributed by atoms with E-state index >= 15 is 0 Å². The van der Waals surface area contributed by atoms with Gasteiger partial charge in [0.05, 0.1) is 10.2 Å². The predicted octanol–water partition coefficient (Wildman–Crippen LogP) is 12.3. The first-order valence-corrected chi connectivity index (χ1v) is 18.1. The first kappa shape index (κ1) is 28.9. The quantitative estimate of drug-likeness (QED) is 0.182. The highest BCUT2D eigenvalue weighted by Gasteiger charge is 2.22. The van der Waals surface area contributed by atoms with Gasteiger partial charge in [0, 0.05) is 42.4 Å². The third kappa shape index (κ3) is 4.88. The van der Waals surface area contributed by atoms with Gasteiger partial charge in [-0.2, -0.15) is 0 Å². The van der Waals surface area contributed by atoms with Crippen LogP contribution in [-0.2, 0) is 0 Å². The fraction of sp³-hybridized carbons (Fsp3) is 0. The first-order valence-electron chi connectivity index (χ1n) is 16.5. The Morgan fingerprint density at radius 2 is 1.00 bits per heavy atom. The number of hydrogen-bond acceptors (Lipinski definition) is 6. The fourth-order valence-electron chi connectivity index (χ4n) is 6.80. The van der Waals surface area contributed by atoms with Crippen molar-refractivity contribution in [2.75, 3.05) is 0 Å². The van der Waals surface area contributed by atoms with Gasteiger partial charge in [-0.05, 0) is 34.0 Å². The topological polar surface area (TPSA) is 51.6 Å². The molecule has 3 aromatic heterocycles. The van der Waals surface area contributed by atoms with Gasteiger partial charge in [-0.3, -0.25) is 0 Å². The maximum Gasteiger partial charge on any atom is 0.166 e. The van der Waals surface area contributed by atoms with Crippen LogP contribution in [0, 0.1) is 0 Å². The summed E-state index contributed by atoms with van der Waals surface area (Å²) in [6, 6.07) is 55.0. The molecule has 0 aliphatic carbocycles. The maximum atomic E-state index is 5.28. The molecule has 0 spiro atoms. The third-order valence-electron chi connectivity index (χ3n) is 9.18. The molecule has 7 aromatic carbocycles. The van der Waals surface area contributed by atoms with Gasteiger partial charge in [-0.25, -0.2) is 19.9 Å². The number of nitrogens with zero attached hydrogens (tertiary/aromatic N) is 4. The molecule has 234 valence electrons. The average molecular weight is 675 g/mol. The Balaban J connectivity index is 1.21. The van der Waals surface area contributed by atoms with E-state index in [9.17, 15) is 0 Å². The summed E-state index contributed by atoms with van der Waals surface area (Å²) in [5, 5.41) is 5.79. The smallest absolute Gasteiger partial charge is 0.166 e. The minimum absolute atomic E-state index is 0.635. The van der Waals surface area contributed by atoms with Crippen molar-refractivity contribution >= 4 is 63.8 Å². The molecule has 0 saturated carbocycles. The Morgan fingerprint density at radius 3 is 1.78 bits per heavy atom. The lowest BCUT2D eigenvalue weighted by Crippen LogP contribution is -2.00.